The van der Waals surface area contributed by atoms with Crippen LogP contribution >= 0.6 is 0 Å². The molecule has 1 nitrogen and oxygen atoms in total. The molecule has 0 aliphatic rings. The molecule has 0 heterocycles. The van der Waals surface area contributed by atoms with Crippen molar-refractivity contribution in [1.29, 1.82) is 0 Å². The molecule has 0 rings (SSSR count). The van der Waals surface area contributed by atoms with Gasteiger partial charge in [-0.1, -0.05) is 11.9 Å². The topological polar surface area (TPSA) is 17.1 Å². The van der Waals surface area contributed by atoms with Crippen molar-refractivity contribution in [1.82, 2.24) is 0 Å². The number of carbonyl (C=O) groups excluding carboxylic acids is 1. The van der Waals surface area contributed by atoms with Crippen molar-refractivity contribution in [3.63, 3.8) is 0 Å². The summed E-state index contributed by atoms with van der Waals surface area (Å²) in [6, 6.07) is 0. The van der Waals surface area contributed by atoms with E-state index in [4.69, 9.17) is 0 Å². The third kappa shape index (κ3) is 2.55. The van der Waals surface area contributed by atoms with Gasteiger partial charge in [-0.05, 0) is 0 Å². The highest BCUT2D eigenvalue weighted by atomic mass is 16.1. The Labute approximate surface area is 46.9 Å². The molecule has 0 aromatic carbocycles. The van der Waals surface area contributed by atoms with Gasteiger partial charge in [-0.25, -0.2) is 0 Å². The van der Waals surface area contributed by atoms with Gasteiger partial charge in [-0.15, -0.1) is 0 Å². The van der Waals surface area contributed by atoms with Crippen molar-refractivity contribution in [2.45, 2.75) is 11.9 Å². The largest absolute Gasteiger partial charge is 0.305 e. The predicted molar refractivity (Wildman–Crippen MR) is 38.9 cm³/mol. The summed E-state index contributed by atoms with van der Waals surface area (Å²) in [6.07, 6.45) is 0.993. The van der Waals surface area contributed by atoms with E-state index in [9.17, 15) is 4.79 Å². The highest BCUT2D eigenvalue weighted by molar-refractivity contribution is 6.73. The number of hydrogen-bond acceptors (Lipinski definition) is 1. The van der Waals surface area contributed by atoms with Gasteiger partial charge in [0.1, 0.15) is 13.6 Å². The van der Waals surface area contributed by atoms with E-state index in [1.54, 1.807) is 0 Å². The molecule has 0 aromatic heterocycles. The molecule has 0 aromatic rings. The molecule has 0 aliphatic heterocycles. The van der Waals surface area contributed by atoms with Crippen LogP contribution < -0.4 is 0 Å². The second-order valence-corrected chi connectivity index (χ2v) is 2.46. The minimum absolute atomic E-state index is 0.0972. The fraction of sp³-hybridized carbons (Fsp3) is 0.667. The summed E-state index contributed by atoms with van der Waals surface area (Å²) in [5, 5.41) is -0.0972. The zero-order valence-electron chi connectivity index (χ0n) is 5.19. The molecule has 4 heteroatoms. The van der Waals surface area contributed by atoms with Crippen LogP contribution in [0, 0.1) is 0 Å². The van der Waals surface area contributed by atoms with Crippen LogP contribution in [0.5, 0.6) is 0 Å². The van der Waals surface area contributed by atoms with Gasteiger partial charge in [-0.2, -0.15) is 0 Å². The lowest BCUT2D eigenvalue weighted by molar-refractivity contribution is -0.107. The average molecular weight is 93.5 g/mol. The van der Waals surface area contributed by atoms with Gasteiger partial charge in [0.25, 0.3) is 0 Å². The Hall–Kier alpha value is -0.135. The molecule has 7 heavy (non-hydrogen) atoms. The van der Waals surface area contributed by atoms with Gasteiger partial charge in [0.2, 0.25) is 0 Å². The van der Waals surface area contributed by atoms with Gasteiger partial charge in [-0.3, -0.25) is 0 Å². The SMILES string of the molecule is BC(B)(BC)C=O. The Morgan fingerprint density at radius 1 is 1.71 bits per heavy atom. The van der Waals surface area contributed by atoms with E-state index in [0.717, 1.165) is 13.6 Å². The maximum atomic E-state index is 10.1. The molecule has 0 fully saturated rings. The molecule has 0 saturated heterocycles. The third-order valence-electron chi connectivity index (χ3n) is 1.23. The molecule has 0 aliphatic carbocycles. The first-order chi connectivity index (χ1) is 3.12. The first-order valence-electron chi connectivity index (χ1n) is 2.59. The molecule has 0 atom stereocenters. The lowest BCUT2D eigenvalue weighted by atomic mass is 9.35. The molecule has 0 spiro atoms. The number of hydrogen-bond donors (Lipinski definition) is 0. The van der Waals surface area contributed by atoms with E-state index in [1.807, 2.05) is 22.5 Å². The van der Waals surface area contributed by atoms with E-state index in [1.165, 1.54) is 0 Å². The minimum atomic E-state index is -0.0972. The number of carbonyl (C=O) groups is 1. The molecule has 0 amide bonds. The summed E-state index contributed by atoms with van der Waals surface area (Å²) in [4.78, 5) is 10.1. The van der Waals surface area contributed by atoms with Crippen molar-refractivity contribution >= 4 is 29.3 Å². The maximum Gasteiger partial charge on any atom is 0.115 e. The minimum Gasteiger partial charge on any atom is -0.305 e. The molecular formula is C3H9B3O. The number of rotatable bonds is 2. The van der Waals surface area contributed by atoms with Crippen molar-refractivity contribution in [2.24, 2.45) is 0 Å². The summed E-state index contributed by atoms with van der Waals surface area (Å²) in [5.74, 6) is 0. The zero-order valence-corrected chi connectivity index (χ0v) is 5.19. The Balaban J connectivity index is 3.58. The summed E-state index contributed by atoms with van der Waals surface area (Å²) in [7, 11) is 4.79. The number of aldehydes is 1. The van der Waals surface area contributed by atoms with Crippen molar-refractivity contribution < 1.29 is 4.79 Å². The molecular weight excluding hydrogens is 84.5 g/mol. The summed E-state index contributed by atoms with van der Waals surface area (Å²) in [6.45, 7) is 2.01. The standard InChI is InChI=1S/C3H9B3O/c1-6-3(4,5)2-7/h2,6H,4-5H2,1H3. The molecule has 0 saturated carbocycles. The van der Waals surface area contributed by atoms with Crippen LogP contribution in [0.1, 0.15) is 0 Å². The lowest BCUT2D eigenvalue weighted by Crippen LogP contribution is -2.20. The Bertz CT molecular complexity index is 70.6. The van der Waals surface area contributed by atoms with Gasteiger partial charge < -0.3 is 4.79 Å². The van der Waals surface area contributed by atoms with Crippen molar-refractivity contribution in [2.75, 3.05) is 0 Å². The van der Waals surface area contributed by atoms with Crippen molar-refractivity contribution in [3.8, 4) is 0 Å². The second kappa shape index (κ2) is 2.24. The summed E-state index contributed by atoms with van der Waals surface area (Å²) >= 11 is 0. The summed E-state index contributed by atoms with van der Waals surface area (Å²) < 4.78 is 0. The van der Waals surface area contributed by atoms with E-state index >= 15 is 0 Å². The first-order valence-corrected chi connectivity index (χ1v) is 2.59. The fourth-order valence-electron chi connectivity index (χ4n) is 0.0833. The maximum absolute atomic E-state index is 10.1. The van der Waals surface area contributed by atoms with E-state index in [2.05, 4.69) is 0 Å². The normalized spacial score (nSPS) is 10.4. The molecule has 0 N–H and O–H groups in total. The zero-order chi connectivity index (χ0) is 5.91. The van der Waals surface area contributed by atoms with Crippen LogP contribution in [0.15, 0.2) is 0 Å². The van der Waals surface area contributed by atoms with E-state index in [0.29, 0.717) is 0 Å². The quantitative estimate of drug-likeness (QED) is 0.285. The summed E-state index contributed by atoms with van der Waals surface area (Å²) in [5.41, 5.74) is 0. The van der Waals surface area contributed by atoms with Crippen LogP contribution in [-0.2, 0) is 4.79 Å². The molecule has 36 valence electrons. The van der Waals surface area contributed by atoms with Gasteiger partial charge >= 0.3 is 0 Å². The molecule has 0 bridgehead atoms. The van der Waals surface area contributed by atoms with Gasteiger partial charge in [0.05, 0.1) is 15.7 Å². The average Bonchev–Trinajstić information content (AvgIpc) is 1.68. The van der Waals surface area contributed by atoms with Crippen LogP contribution in [0.25, 0.3) is 0 Å². The smallest absolute Gasteiger partial charge is 0.115 e. The van der Waals surface area contributed by atoms with Crippen LogP contribution in [0.2, 0.25) is 11.9 Å². The van der Waals surface area contributed by atoms with Crippen molar-refractivity contribution in [3.05, 3.63) is 0 Å². The highest BCUT2D eigenvalue weighted by Gasteiger charge is 2.13. The van der Waals surface area contributed by atoms with Gasteiger partial charge in [0.15, 0.2) is 0 Å². The monoisotopic (exact) mass is 94.1 g/mol. The van der Waals surface area contributed by atoms with Crippen LogP contribution in [0.4, 0.5) is 0 Å². The van der Waals surface area contributed by atoms with Crippen LogP contribution in [-0.4, -0.2) is 29.3 Å². The lowest BCUT2D eigenvalue weighted by Gasteiger charge is -2.08. The Morgan fingerprint density at radius 3 is 2.14 bits per heavy atom. The van der Waals surface area contributed by atoms with Gasteiger partial charge in [0, 0.05) is 0 Å². The molecule has 0 unspecified atom stereocenters. The second-order valence-electron chi connectivity index (χ2n) is 2.46. The van der Waals surface area contributed by atoms with E-state index < -0.39 is 0 Å². The molecule has 0 radical (unpaired) electrons. The third-order valence-corrected chi connectivity index (χ3v) is 1.23. The first kappa shape index (κ1) is 6.86. The fourth-order valence-corrected chi connectivity index (χ4v) is 0.0833. The van der Waals surface area contributed by atoms with Crippen LogP contribution in [0.3, 0.4) is 0 Å². The van der Waals surface area contributed by atoms with E-state index in [-0.39, 0.29) is 5.11 Å². The predicted octanol–water partition coefficient (Wildman–Crippen LogP) is -1.99. The Morgan fingerprint density at radius 2 is 2.14 bits per heavy atom. The highest BCUT2D eigenvalue weighted by Crippen LogP contribution is 2.05. The Kier molecular flexibility index (Phi) is 2.20.